The SMILES string of the molecule is Cc1ncnn1-c1ccc(Nc2nc3n(n2)CCCC[C@H]3C2=CC=C(OC(F)(F)F)CC2)cc1F. The summed E-state index contributed by atoms with van der Waals surface area (Å²) in [6.45, 7) is 2.42. The number of fused-ring (bicyclic) bond motifs is 1. The van der Waals surface area contributed by atoms with E-state index in [0.717, 1.165) is 30.7 Å². The van der Waals surface area contributed by atoms with Crippen molar-refractivity contribution in [2.45, 2.75) is 57.9 Å². The molecule has 1 aliphatic carbocycles. The van der Waals surface area contributed by atoms with E-state index in [4.69, 9.17) is 0 Å². The number of alkyl halides is 3. The van der Waals surface area contributed by atoms with Gasteiger partial charge in [0.1, 0.15) is 29.4 Å². The molecule has 12 heteroatoms. The van der Waals surface area contributed by atoms with Gasteiger partial charge in [-0.05, 0) is 50.5 Å². The van der Waals surface area contributed by atoms with Crippen LogP contribution in [0, 0.1) is 12.7 Å². The number of nitrogens with zero attached hydrogens (tertiary/aromatic N) is 6. The van der Waals surface area contributed by atoms with E-state index in [2.05, 4.69) is 30.2 Å². The lowest BCUT2D eigenvalue weighted by atomic mass is 9.87. The molecular formula is C23H23F4N7O. The minimum Gasteiger partial charge on any atom is -0.410 e. The zero-order valence-electron chi connectivity index (χ0n) is 18.9. The summed E-state index contributed by atoms with van der Waals surface area (Å²) in [6, 6.07) is 4.65. The predicted octanol–water partition coefficient (Wildman–Crippen LogP) is 5.46. The lowest BCUT2D eigenvalue weighted by Crippen LogP contribution is -2.15. The highest BCUT2D eigenvalue weighted by molar-refractivity contribution is 5.56. The van der Waals surface area contributed by atoms with Crippen LogP contribution >= 0.6 is 0 Å². The number of halogens is 4. The molecule has 1 atom stereocenters. The highest BCUT2D eigenvalue weighted by Gasteiger charge is 2.33. The molecule has 3 heterocycles. The normalized spacial score (nSPS) is 18.4. The van der Waals surface area contributed by atoms with Gasteiger partial charge in [-0.25, -0.2) is 18.7 Å². The summed E-state index contributed by atoms with van der Waals surface area (Å²) < 4.78 is 59.6. The highest BCUT2D eigenvalue weighted by atomic mass is 19.4. The smallest absolute Gasteiger partial charge is 0.410 e. The number of aromatic nitrogens is 6. The molecule has 184 valence electrons. The fourth-order valence-corrected chi connectivity index (χ4v) is 4.50. The maximum Gasteiger partial charge on any atom is 0.572 e. The number of allylic oxidation sites excluding steroid dienone is 4. The van der Waals surface area contributed by atoms with Gasteiger partial charge < -0.3 is 10.1 Å². The molecule has 0 saturated carbocycles. The molecule has 0 amide bonds. The van der Waals surface area contributed by atoms with Gasteiger partial charge in [0.15, 0.2) is 5.82 Å². The zero-order valence-corrected chi connectivity index (χ0v) is 18.9. The number of hydrogen-bond donors (Lipinski definition) is 1. The summed E-state index contributed by atoms with van der Waals surface area (Å²) in [5.41, 5.74) is 1.76. The maximum atomic E-state index is 14.7. The molecule has 5 rings (SSSR count). The van der Waals surface area contributed by atoms with Gasteiger partial charge in [0.05, 0.1) is 0 Å². The molecule has 8 nitrogen and oxygen atoms in total. The fraction of sp³-hybridized carbons (Fsp3) is 0.391. The topological polar surface area (TPSA) is 82.7 Å². The second kappa shape index (κ2) is 9.16. The number of aryl methyl sites for hydroxylation is 2. The lowest BCUT2D eigenvalue weighted by molar-refractivity contribution is -0.306. The van der Waals surface area contributed by atoms with E-state index in [9.17, 15) is 17.6 Å². The van der Waals surface area contributed by atoms with Crippen LogP contribution in [0.1, 0.15) is 49.7 Å². The van der Waals surface area contributed by atoms with Crippen molar-refractivity contribution in [2.24, 2.45) is 0 Å². The van der Waals surface area contributed by atoms with Crippen LogP contribution < -0.4 is 5.32 Å². The molecule has 0 fully saturated rings. The van der Waals surface area contributed by atoms with Crippen LogP contribution in [0.3, 0.4) is 0 Å². The van der Waals surface area contributed by atoms with Crippen molar-refractivity contribution in [1.82, 2.24) is 29.5 Å². The van der Waals surface area contributed by atoms with E-state index in [0.29, 0.717) is 30.4 Å². The lowest BCUT2D eigenvalue weighted by Gasteiger charge is -2.22. The Morgan fingerprint density at radius 1 is 1.14 bits per heavy atom. The molecule has 0 unspecified atom stereocenters. The monoisotopic (exact) mass is 489 g/mol. The number of hydrogen-bond acceptors (Lipinski definition) is 6. The van der Waals surface area contributed by atoms with Crippen LogP contribution in [0.25, 0.3) is 5.69 Å². The van der Waals surface area contributed by atoms with Crippen LogP contribution in [0.15, 0.2) is 48.0 Å². The number of ether oxygens (including phenoxy) is 1. The highest BCUT2D eigenvalue weighted by Crippen LogP contribution is 2.38. The van der Waals surface area contributed by atoms with Crippen LogP contribution in [0.4, 0.5) is 29.2 Å². The molecule has 0 bridgehead atoms. The van der Waals surface area contributed by atoms with Gasteiger partial charge in [0.25, 0.3) is 0 Å². The third-order valence-electron chi connectivity index (χ3n) is 6.11. The van der Waals surface area contributed by atoms with Gasteiger partial charge in [-0.1, -0.05) is 18.1 Å². The molecule has 35 heavy (non-hydrogen) atoms. The second-order valence-corrected chi connectivity index (χ2v) is 8.50. The van der Waals surface area contributed by atoms with Gasteiger partial charge >= 0.3 is 6.36 Å². The van der Waals surface area contributed by atoms with Crippen LogP contribution in [-0.2, 0) is 11.3 Å². The standard InChI is InChI=1S/C23H23F4N7O/c1-14-28-13-29-34(14)20-10-7-16(12-19(20)24)30-22-31-21-18(4-2-3-11-33(21)32-22)15-5-8-17(9-6-15)35-23(25,26)27/h5,7-8,10,12-13,18H,2-4,6,9,11H2,1H3,(H,30,32)/t18-/m0/s1. The van der Waals surface area contributed by atoms with E-state index in [1.165, 1.54) is 23.2 Å². The minimum absolute atomic E-state index is 0.0568. The average Bonchev–Trinajstić information content (AvgIpc) is 3.34. The van der Waals surface area contributed by atoms with E-state index < -0.39 is 12.2 Å². The Labute approximate surface area is 198 Å². The van der Waals surface area contributed by atoms with Crippen molar-refractivity contribution in [3.63, 3.8) is 0 Å². The number of anilines is 2. The summed E-state index contributed by atoms with van der Waals surface area (Å²) in [4.78, 5) is 8.69. The fourth-order valence-electron chi connectivity index (χ4n) is 4.50. The molecule has 0 saturated heterocycles. The van der Waals surface area contributed by atoms with E-state index in [-0.39, 0.29) is 23.8 Å². The summed E-state index contributed by atoms with van der Waals surface area (Å²) >= 11 is 0. The Morgan fingerprint density at radius 3 is 2.69 bits per heavy atom. The molecule has 1 N–H and O–H groups in total. The van der Waals surface area contributed by atoms with Crippen molar-refractivity contribution < 1.29 is 22.3 Å². The third kappa shape index (κ3) is 5.05. The van der Waals surface area contributed by atoms with Crippen molar-refractivity contribution in [3.8, 4) is 5.69 Å². The van der Waals surface area contributed by atoms with Crippen molar-refractivity contribution in [3.05, 3.63) is 65.5 Å². The second-order valence-electron chi connectivity index (χ2n) is 8.50. The van der Waals surface area contributed by atoms with Gasteiger partial charge in [-0.2, -0.15) is 10.1 Å². The Balaban J connectivity index is 1.36. The maximum absolute atomic E-state index is 14.7. The average molecular weight is 489 g/mol. The van der Waals surface area contributed by atoms with Gasteiger partial charge in [0, 0.05) is 24.6 Å². The first-order valence-electron chi connectivity index (χ1n) is 11.3. The summed E-state index contributed by atoms with van der Waals surface area (Å²) in [6.07, 6.45) is 3.10. The molecule has 3 aromatic rings. The van der Waals surface area contributed by atoms with Gasteiger partial charge in [0.2, 0.25) is 5.95 Å². The molecular weight excluding hydrogens is 466 g/mol. The quantitative estimate of drug-likeness (QED) is 0.480. The Bertz CT molecular complexity index is 1290. The number of nitrogens with one attached hydrogen (secondary N) is 1. The van der Waals surface area contributed by atoms with Crippen LogP contribution in [0.5, 0.6) is 0 Å². The molecule has 2 aliphatic rings. The first kappa shape index (κ1) is 23.1. The van der Waals surface area contributed by atoms with Crippen molar-refractivity contribution in [1.29, 1.82) is 0 Å². The van der Waals surface area contributed by atoms with Crippen molar-refractivity contribution in [2.75, 3.05) is 5.32 Å². The van der Waals surface area contributed by atoms with Crippen LogP contribution in [0.2, 0.25) is 0 Å². The third-order valence-corrected chi connectivity index (χ3v) is 6.11. The molecule has 0 radical (unpaired) electrons. The van der Waals surface area contributed by atoms with Crippen LogP contribution in [-0.4, -0.2) is 35.9 Å². The predicted molar refractivity (Wildman–Crippen MR) is 118 cm³/mol. The molecule has 1 aliphatic heterocycles. The summed E-state index contributed by atoms with van der Waals surface area (Å²) in [7, 11) is 0. The van der Waals surface area contributed by atoms with Crippen molar-refractivity contribution >= 4 is 11.6 Å². The first-order valence-corrected chi connectivity index (χ1v) is 11.3. The van der Waals surface area contributed by atoms with E-state index >= 15 is 0 Å². The van der Waals surface area contributed by atoms with Gasteiger partial charge in [-0.15, -0.1) is 18.3 Å². The summed E-state index contributed by atoms with van der Waals surface area (Å²) in [5, 5.41) is 11.7. The van der Waals surface area contributed by atoms with E-state index in [1.54, 1.807) is 25.1 Å². The molecule has 2 aromatic heterocycles. The summed E-state index contributed by atoms with van der Waals surface area (Å²) in [5.74, 6) is 1.03. The largest absolute Gasteiger partial charge is 0.572 e. The Morgan fingerprint density at radius 2 is 2.00 bits per heavy atom. The number of benzene rings is 1. The first-order chi connectivity index (χ1) is 16.8. The zero-order chi connectivity index (χ0) is 24.6. The van der Waals surface area contributed by atoms with Gasteiger partial charge in [-0.3, -0.25) is 0 Å². The Hall–Kier alpha value is -3.70. The molecule has 0 spiro atoms. The number of rotatable bonds is 5. The Kier molecular flexibility index (Phi) is 6.03. The minimum atomic E-state index is -4.69. The molecule has 1 aromatic carbocycles. The van der Waals surface area contributed by atoms with E-state index in [1.807, 2.05) is 4.68 Å².